The van der Waals surface area contributed by atoms with Gasteiger partial charge in [-0.2, -0.15) is 0 Å². The quantitative estimate of drug-likeness (QED) is 0.0902. The Kier molecular flexibility index (Phi) is 22.6. The Labute approximate surface area is 288 Å². The van der Waals surface area contributed by atoms with Crippen molar-refractivity contribution < 1.29 is 9.59 Å². The molecule has 0 saturated heterocycles. The van der Waals surface area contributed by atoms with E-state index in [0.29, 0.717) is 12.8 Å². The van der Waals surface area contributed by atoms with Gasteiger partial charge in [0.2, 0.25) is 11.8 Å². The van der Waals surface area contributed by atoms with Crippen LogP contribution < -0.4 is 10.6 Å². The van der Waals surface area contributed by atoms with E-state index in [1.165, 1.54) is 88.2 Å². The van der Waals surface area contributed by atoms with Gasteiger partial charge >= 0.3 is 0 Å². The Morgan fingerprint density at radius 1 is 0.447 bits per heavy atom. The highest BCUT2D eigenvalue weighted by molar-refractivity contribution is 5.91. The molecular formula is C41H68N4O2. The summed E-state index contributed by atoms with van der Waals surface area (Å²) in [7, 11) is 0. The molecule has 2 aromatic rings. The van der Waals surface area contributed by atoms with Crippen molar-refractivity contribution in [3.63, 3.8) is 0 Å². The Bertz CT molecular complexity index is 984. The maximum atomic E-state index is 12.6. The average Bonchev–Trinajstić information content (AvgIpc) is 3.07. The molecule has 0 radical (unpaired) electrons. The fourth-order valence-electron chi connectivity index (χ4n) is 5.98. The van der Waals surface area contributed by atoms with Crippen LogP contribution in [0.25, 0.3) is 0 Å². The molecule has 47 heavy (non-hydrogen) atoms. The molecule has 6 heteroatoms. The molecule has 2 N–H and O–H groups in total. The predicted molar refractivity (Wildman–Crippen MR) is 202 cm³/mol. The van der Waals surface area contributed by atoms with Crippen molar-refractivity contribution in [1.82, 2.24) is 9.80 Å². The van der Waals surface area contributed by atoms with Crippen LogP contribution in [0.15, 0.2) is 48.5 Å². The van der Waals surface area contributed by atoms with Gasteiger partial charge in [0.05, 0.1) is 0 Å². The van der Waals surface area contributed by atoms with Crippen LogP contribution in [0.4, 0.5) is 11.4 Å². The van der Waals surface area contributed by atoms with Gasteiger partial charge in [0.1, 0.15) is 0 Å². The maximum Gasteiger partial charge on any atom is 0.224 e. The normalized spacial score (nSPS) is 11.4. The first-order chi connectivity index (χ1) is 23.0. The molecule has 0 unspecified atom stereocenters. The number of rotatable bonds is 28. The van der Waals surface area contributed by atoms with E-state index in [0.717, 1.165) is 69.9 Å². The maximum absolute atomic E-state index is 12.6. The molecule has 0 aliphatic carbocycles. The van der Waals surface area contributed by atoms with Crippen molar-refractivity contribution in [3.05, 3.63) is 59.7 Å². The summed E-state index contributed by atoms with van der Waals surface area (Å²) in [5.41, 5.74) is 4.09. The first-order valence-corrected chi connectivity index (χ1v) is 19.2. The lowest BCUT2D eigenvalue weighted by Gasteiger charge is -2.22. The number of hydrogen-bond acceptors (Lipinski definition) is 4. The lowest BCUT2D eigenvalue weighted by Crippen LogP contribution is -2.28. The summed E-state index contributed by atoms with van der Waals surface area (Å²) < 4.78 is 0. The standard InChI is InChI=1S/C41H68N4O2/c1-5-9-13-15-31-44(29-11-7-3)33-17-19-40(46)42-38-25-21-36(22-26-38)35-37-23-27-39(28-24-37)43-41(47)20-18-34-45(30-12-8-4)32-16-14-10-6-2/h21-28H,5-20,29-35H2,1-4H3,(H,42,46)(H,43,47). The van der Waals surface area contributed by atoms with Crippen LogP contribution in [0.2, 0.25) is 0 Å². The number of unbranched alkanes of at least 4 members (excludes halogenated alkanes) is 8. The van der Waals surface area contributed by atoms with Crippen molar-refractivity contribution >= 4 is 23.2 Å². The lowest BCUT2D eigenvalue weighted by molar-refractivity contribution is -0.117. The Hall–Kier alpha value is -2.70. The minimum Gasteiger partial charge on any atom is -0.326 e. The number of benzene rings is 2. The van der Waals surface area contributed by atoms with E-state index < -0.39 is 0 Å². The van der Waals surface area contributed by atoms with E-state index in [4.69, 9.17) is 0 Å². The van der Waals surface area contributed by atoms with Crippen LogP contribution in [0.1, 0.15) is 142 Å². The highest BCUT2D eigenvalue weighted by Gasteiger charge is 2.09. The molecule has 2 rings (SSSR count). The second kappa shape index (κ2) is 26.3. The van der Waals surface area contributed by atoms with E-state index >= 15 is 0 Å². The van der Waals surface area contributed by atoms with E-state index in [2.05, 4.69) is 72.4 Å². The molecule has 2 amide bonds. The van der Waals surface area contributed by atoms with Crippen molar-refractivity contribution in [1.29, 1.82) is 0 Å². The summed E-state index contributed by atoms with van der Waals surface area (Å²) in [6, 6.07) is 16.3. The Morgan fingerprint density at radius 2 is 0.787 bits per heavy atom. The van der Waals surface area contributed by atoms with E-state index in [-0.39, 0.29) is 11.8 Å². The van der Waals surface area contributed by atoms with Gasteiger partial charge in [-0.3, -0.25) is 9.59 Å². The molecule has 0 fully saturated rings. The molecule has 2 aromatic carbocycles. The van der Waals surface area contributed by atoms with Crippen molar-refractivity contribution in [3.8, 4) is 0 Å². The minimum absolute atomic E-state index is 0.0908. The van der Waals surface area contributed by atoms with Crippen LogP contribution in [0, 0.1) is 0 Å². The number of nitrogens with zero attached hydrogens (tertiary/aromatic N) is 2. The first kappa shape index (κ1) is 40.5. The third kappa shape index (κ3) is 19.7. The second-order valence-corrected chi connectivity index (χ2v) is 13.4. The van der Waals surface area contributed by atoms with Crippen molar-refractivity contribution in [2.45, 2.75) is 137 Å². The number of amides is 2. The van der Waals surface area contributed by atoms with Gasteiger partial charge in [-0.15, -0.1) is 0 Å². The summed E-state index contributed by atoms with van der Waals surface area (Å²) in [4.78, 5) is 30.3. The van der Waals surface area contributed by atoms with Crippen molar-refractivity contribution in [2.75, 3.05) is 49.9 Å². The Balaban J connectivity index is 1.71. The van der Waals surface area contributed by atoms with Crippen LogP contribution in [-0.2, 0) is 16.0 Å². The average molecular weight is 649 g/mol. The zero-order valence-corrected chi connectivity index (χ0v) is 30.6. The van der Waals surface area contributed by atoms with Gasteiger partial charge in [-0.25, -0.2) is 0 Å². The number of carbonyl (C=O) groups is 2. The van der Waals surface area contributed by atoms with Gasteiger partial charge < -0.3 is 20.4 Å². The van der Waals surface area contributed by atoms with Gasteiger partial charge in [0.15, 0.2) is 0 Å². The van der Waals surface area contributed by atoms with Gasteiger partial charge in [0, 0.05) is 24.2 Å². The third-order valence-corrected chi connectivity index (χ3v) is 8.95. The van der Waals surface area contributed by atoms with E-state index in [1.807, 2.05) is 24.3 Å². The molecule has 0 spiro atoms. The fourth-order valence-corrected chi connectivity index (χ4v) is 5.98. The zero-order chi connectivity index (χ0) is 34.0. The topological polar surface area (TPSA) is 64.7 Å². The second-order valence-electron chi connectivity index (χ2n) is 13.4. The zero-order valence-electron chi connectivity index (χ0n) is 30.6. The molecule has 0 aliphatic rings. The smallest absolute Gasteiger partial charge is 0.224 e. The van der Waals surface area contributed by atoms with Crippen LogP contribution in [0.3, 0.4) is 0 Å². The molecule has 0 bridgehead atoms. The highest BCUT2D eigenvalue weighted by Crippen LogP contribution is 2.17. The molecule has 6 nitrogen and oxygen atoms in total. The lowest BCUT2D eigenvalue weighted by atomic mass is 10.0. The van der Waals surface area contributed by atoms with Crippen LogP contribution in [-0.4, -0.2) is 60.9 Å². The summed E-state index contributed by atoms with van der Waals surface area (Å²) in [5.74, 6) is 0.182. The molecule has 0 heterocycles. The first-order valence-electron chi connectivity index (χ1n) is 19.2. The van der Waals surface area contributed by atoms with E-state index in [9.17, 15) is 9.59 Å². The molecule has 0 saturated carbocycles. The minimum atomic E-state index is 0.0908. The van der Waals surface area contributed by atoms with E-state index in [1.54, 1.807) is 0 Å². The van der Waals surface area contributed by atoms with Crippen molar-refractivity contribution in [2.24, 2.45) is 0 Å². The summed E-state index contributed by atoms with van der Waals surface area (Å²) in [5, 5.41) is 6.16. The van der Waals surface area contributed by atoms with Gasteiger partial charge in [-0.05, 0) is 120 Å². The number of carbonyl (C=O) groups excluding carboxylic acids is 2. The van der Waals surface area contributed by atoms with Gasteiger partial charge in [0.25, 0.3) is 0 Å². The summed E-state index contributed by atoms with van der Waals surface area (Å²) in [6.07, 6.45) is 18.9. The molecular weight excluding hydrogens is 580 g/mol. The number of hydrogen-bond donors (Lipinski definition) is 2. The fraction of sp³-hybridized carbons (Fsp3) is 0.659. The van der Waals surface area contributed by atoms with Gasteiger partial charge in [-0.1, -0.05) is 103 Å². The summed E-state index contributed by atoms with van der Waals surface area (Å²) in [6.45, 7) is 15.6. The number of anilines is 2. The number of nitrogens with one attached hydrogen (secondary N) is 2. The Morgan fingerprint density at radius 3 is 1.15 bits per heavy atom. The molecule has 0 aliphatic heterocycles. The SMILES string of the molecule is CCCCCCN(CCCC)CCCC(=O)Nc1ccc(Cc2ccc(NC(=O)CCCN(CCCC)CCCCCC)cc2)cc1. The highest BCUT2D eigenvalue weighted by atomic mass is 16.2. The monoisotopic (exact) mass is 649 g/mol. The predicted octanol–water partition coefficient (Wildman–Crippen LogP) is 10.1. The summed E-state index contributed by atoms with van der Waals surface area (Å²) >= 11 is 0. The third-order valence-electron chi connectivity index (χ3n) is 8.95. The molecule has 0 aromatic heterocycles. The molecule has 264 valence electrons. The van der Waals surface area contributed by atoms with Crippen LogP contribution in [0.5, 0.6) is 0 Å². The van der Waals surface area contributed by atoms with Crippen LogP contribution >= 0.6 is 0 Å². The molecule has 0 atom stereocenters. The largest absolute Gasteiger partial charge is 0.326 e.